The number of aliphatic imine (C=N–C) groups is 1. The summed E-state index contributed by atoms with van der Waals surface area (Å²) in [4.78, 5) is 17.6. The van der Waals surface area contributed by atoms with Crippen LogP contribution in [-0.2, 0) is 9.92 Å². The fourth-order valence-corrected chi connectivity index (χ4v) is 6.65. The van der Waals surface area contributed by atoms with E-state index < -0.39 is 21.4 Å². The van der Waals surface area contributed by atoms with E-state index in [1.807, 2.05) is 19.1 Å². The second-order valence-corrected chi connectivity index (χ2v) is 9.99. The van der Waals surface area contributed by atoms with E-state index in [0.717, 1.165) is 12.8 Å². The molecule has 6 nitrogen and oxygen atoms in total. The van der Waals surface area contributed by atoms with E-state index in [0.29, 0.717) is 25.1 Å². The van der Waals surface area contributed by atoms with Crippen molar-refractivity contribution >= 4 is 21.8 Å². The zero-order valence-electron chi connectivity index (χ0n) is 16.4. The molecule has 2 aliphatic heterocycles. The smallest absolute Gasteiger partial charge is 0.257 e. The number of nitrogens with one attached hydrogen (secondary N) is 1. The van der Waals surface area contributed by atoms with Gasteiger partial charge in [-0.1, -0.05) is 30.4 Å². The summed E-state index contributed by atoms with van der Waals surface area (Å²) in [5.74, 6) is -0.776. The van der Waals surface area contributed by atoms with E-state index in [2.05, 4.69) is 9.68 Å². The number of rotatable bonds is 2. The van der Waals surface area contributed by atoms with Crippen molar-refractivity contribution in [3.8, 4) is 0 Å². The van der Waals surface area contributed by atoms with Crippen molar-refractivity contribution in [1.82, 2.24) is 9.62 Å². The van der Waals surface area contributed by atoms with Gasteiger partial charge in [-0.05, 0) is 44.4 Å². The Balaban J connectivity index is 1.76. The minimum absolute atomic E-state index is 0.143. The van der Waals surface area contributed by atoms with Gasteiger partial charge in [-0.15, -0.1) is 0 Å². The first-order valence-electron chi connectivity index (χ1n) is 9.88. The zero-order valence-corrected chi connectivity index (χ0v) is 17.2. The molecule has 0 radical (unpaired) electrons. The topological polar surface area (TPSA) is 74.1 Å². The van der Waals surface area contributed by atoms with Crippen molar-refractivity contribution in [2.75, 3.05) is 18.8 Å². The quantitative estimate of drug-likeness (QED) is 0.802. The van der Waals surface area contributed by atoms with E-state index in [-0.39, 0.29) is 23.4 Å². The lowest BCUT2D eigenvalue weighted by Crippen LogP contribution is -2.57. The lowest BCUT2D eigenvalue weighted by atomic mass is 9.82. The summed E-state index contributed by atoms with van der Waals surface area (Å²) in [7, 11) is -2.83. The van der Waals surface area contributed by atoms with Crippen LogP contribution in [0.1, 0.15) is 36.5 Å². The third-order valence-electron chi connectivity index (χ3n) is 5.59. The summed E-state index contributed by atoms with van der Waals surface area (Å²) >= 11 is 0. The van der Waals surface area contributed by atoms with E-state index in [4.69, 9.17) is 4.99 Å². The lowest BCUT2D eigenvalue weighted by Gasteiger charge is -2.42. The Morgan fingerprint density at radius 1 is 1.31 bits per heavy atom. The molecule has 1 amide bonds. The van der Waals surface area contributed by atoms with E-state index in [1.54, 1.807) is 34.6 Å². The average Bonchev–Trinajstić information content (AvgIpc) is 2.90. The predicted octanol–water partition coefficient (Wildman–Crippen LogP) is 3.45. The van der Waals surface area contributed by atoms with Crippen LogP contribution >= 0.6 is 0 Å². The summed E-state index contributed by atoms with van der Waals surface area (Å²) in [6.45, 7) is 2.80. The number of fused-ring (bicyclic) bond motifs is 1. The number of carbonyl (C=O) groups excluding carboxylic acids is 1. The Labute approximate surface area is 170 Å². The third kappa shape index (κ3) is 3.85. The van der Waals surface area contributed by atoms with Crippen LogP contribution in [0.15, 0.2) is 63.7 Å². The Kier molecular flexibility index (Phi) is 5.29. The van der Waals surface area contributed by atoms with Gasteiger partial charge in [-0.25, -0.2) is 18.0 Å². The van der Waals surface area contributed by atoms with Crippen LogP contribution in [0.5, 0.6) is 0 Å². The van der Waals surface area contributed by atoms with Crippen molar-refractivity contribution in [1.29, 1.82) is 0 Å². The highest BCUT2D eigenvalue weighted by Crippen LogP contribution is 2.39. The Morgan fingerprint density at radius 2 is 2.10 bits per heavy atom. The molecule has 0 fully saturated rings. The van der Waals surface area contributed by atoms with Crippen molar-refractivity contribution in [3.05, 3.63) is 60.0 Å². The number of hydrogen-bond donors (Lipinski definition) is 1. The monoisotopic (exact) mass is 416 g/mol. The number of amides is 1. The molecule has 1 unspecified atom stereocenters. The average molecular weight is 417 g/mol. The van der Waals surface area contributed by atoms with Crippen molar-refractivity contribution in [3.63, 3.8) is 0 Å². The highest BCUT2D eigenvalue weighted by molar-refractivity contribution is 7.92. The predicted molar refractivity (Wildman–Crippen MR) is 112 cm³/mol. The van der Waals surface area contributed by atoms with Crippen LogP contribution in [0.3, 0.4) is 0 Å². The number of guanidine groups is 1. The largest absolute Gasteiger partial charge is 0.292 e. The summed E-state index contributed by atoms with van der Waals surface area (Å²) in [6, 6.07) is 8.80. The van der Waals surface area contributed by atoms with Gasteiger partial charge >= 0.3 is 0 Å². The van der Waals surface area contributed by atoms with E-state index in [1.165, 1.54) is 6.08 Å². The highest BCUT2D eigenvalue weighted by atomic mass is 32.2. The van der Waals surface area contributed by atoms with E-state index >= 15 is 0 Å². The van der Waals surface area contributed by atoms with Gasteiger partial charge in [0.25, 0.3) is 5.91 Å². The van der Waals surface area contributed by atoms with Gasteiger partial charge in [-0.3, -0.25) is 14.4 Å². The van der Waals surface area contributed by atoms with E-state index in [9.17, 15) is 13.4 Å². The van der Waals surface area contributed by atoms with Crippen LogP contribution in [-0.4, -0.2) is 44.8 Å². The third-order valence-corrected chi connectivity index (χ3v) is 8.18. The van der Waals surface area contributed by atoms with Gasteiger partial charge in [0.05, 0.1) is 17.8 Å². The number of carbonyl (C=O) groups is 1. The summed E-state index contributed by atoms with van der Waals surface area (Å²) in [6.07, 6.45) is 7.10. The second kappa shape index (κ2) is 7.74. The maximum Gasteiger partial charge on any atom is 0.257 e. The standard InChI is InChI=1S/C21H25FN4O2S/c1-21(17-11-5-6-12-18(17)22)15-29(28)23-13-7-8-14-26(29)20(25-21)24-19(27)16-9-3-2-4-10-16/h2-6,9-10,12,17H,7-8,11,13-15H2,1H3,(H,24,25,27)/t17?,21-,29-/m0/s1. The van der Waals surface area contributed by atoms with Gasteiger partial charge < -0.3 is 0 Å². The van der Waals surface area contributed by atoms with Gasteiger partial charge in [0.15, 0.2) is 0 Å². The first kappa shape index (κ1) is 19.8. The fraction of sp³-hybridized carbons (Fsp3) is 0.429. The molecular formula is C21H25FN4O2S. The fourth-order valence-electron chi connectivity index (χ4n) is 4.05. The number of allylic oxidation sites excluding steroid dienone is 3. The second-order valence-electron chi connectivity index (χ2n) is 7.79. The first-order valence-corrected chi connectivity index (χ1v) is 11.5. The molecular weight excluding hydrogens is 391 g/mol. The number of halogens is 1. The van der Waals surface area contributed by atoms with Gasteiger partial charge in [0.1, 0.15) is 15.7 Å². The van der Waals surface area contributed by atoms with Gasteiger partial charge in [-0.2, -0.15) is 0 Å². The molecule has 3 aliphatic rings. The molecule has 4 rings (SSSR count). The normalized spacial score (nSPS) is 31.7. The Morgan fingerprint density at radius 3 is 2.86 bits per heavy atom. The summed E-state index contributed by atoms with van der Waals surface area (Å²) in [5.41, 5.74) is -0.487. The van der Waals surface area contributed by atoms with Gasteiger partial charge in [0, 0.05) is 18.0 Å². The van der Waals surface area contributed by atoms with Gasteiger partial charge in [0.2, 0.25) is 5.96 Å². The summed E-state index contributed by atoms with van der Waals surface area (Å²) < 4.78 is 34.7. The highest BCUT2D eigenvalue weighted by Gasteiger charge is 2.46. The zero-order chi connectivity index (χ0) is 20.5. The molecule has 1 aliphatic carbocycles. The Hall–Kier alpha value is -2.48. The molecule has 154 valence electrons. The molecule has 2 heterocycles. The molecule has 1 aromatic carbocycles. The van der Waals surface area contributed by atoms with Crippen LogP contribution in [0.2, 0.25) is 0 Å². The SMILES string of the molecule is C[C@@]1(C2CC=CC=C2F)C[S@]2(=O)=NCCCCN2C(NC(=O)c2ccccc2)=N1. The Bertz CT molecular complexity index is 1010. The molecule has 3 atom stereocenters. The van der Waals surface area contributed by atoms with Crippen LogP contribution in [0.25, 0.3) is 0 Å². The maximum absolute atomic E-state index is 14.7. The van der Waals surface area contributed by atoms with Crippen LogP contribution in [0, 0.1) is 5.92 Å². The van der Waals surface area contributed by atoms with Crippen molar-refractivity contribution < 1.29 is 13.4 Å². The lowest BCUT2D eigenvalue weighted by molar-refractivity contribution is 0.0973. The molecule has 0 bridgehead atoms. The van der Waals surface area contributed by atoms with Crippen molar-refractivity contribution in [2.45, 2.75) is 31.7 Å². The minimum Gasteiger partial charge on any atom is -0.292 e. The van der Waals surface area contributed by atoms with Crippen LogP contribution < -0.4 is 5.32 Å². The maximum atomic E-state index is 14.7. The molecule has 1 N–H and O–H groups in total. The van der Waals surface area contributed by atoms with Crippen LogP contribution in [0.4, 0.5) is 4.39 Å². The first-order chi connectivity index (χ1) is 13.9. The molecule has 29 heavy (non-hydrogen) atoms. The number of hydrogen-bond acceptors (Lipinski definition) is 4. The van der Waals surface area contributed by atoms with Crippen molar-refractivity contribution in [2.24, 2.45) is 15.3 Å². The molecule has 0 saturated carbocycles. The molecule has 8 heteroatoms. The number of nitrogens with zero attached hydrogens (tertiary/aromatic N) is 3. The number of benzene rings is 1. The summed E-state index contributed by atoms with van der Waals surface area (Å²) in [5, 5.41) is 2.83. The molecule has 0 saturated heterocycles. The molecule has 0 aromatic heterocycles. The minimum atomic E-state index is -2.83. The molecule has 1 aromatic rings. The molecule has 0 spiro atoms.